The summed E-state index contributed by atoms with van der Waals surface area (Å²) in [6, 6.07) is 8.64. The maximum atomic E-state index is 12.8. The number of amides is 1. The average molecular weight is 512 g/mol. The predicted octanol–water partition coefficient (Wildman–Crippen LogP) is 2.69. The van der Waals surface area contributed by atoms with Gasteiger partial charge in [-0.15, -0.1) is 11.3 Å². The van der Waals surface area contributed by atoms with Gasteiger partial charge in [-0.25, -0.2) is 13.1 Å². The number of non-ortho nitro benzene ring substituents is 1. The second kappa shape index (κ2) is 9.47. The average Bonchev–Trinajstić information content (AvgIpc) is 3.50. The summed E-state index contributed by atoms with van der Waals surface area (Å²) in [4.78, 5) is 24.6. The Hall–Kier alpha value is -3.00. The molecule has 1 aliphatic rings. The molecule has 33 heavy (non-hydrogen) atoms. The molecule has 4 rings (SSSR count). The van der Waals surface area contributed by atoms with E-state index in [0.29, 0.717) is 0 Å². The second-order valence-electron chi connectivity index (χ2n) is 7.01. The van der Waals surface area contributed by atoms with Crippen LogP contribution in [0.5, 0.6) is 5.75 Å². The third kappa shape index (κ3) is 5.00. The first-order chi connectivity index (χ1) is 15.8. The standard InChI is InChI=1S/C19H18ClN5O6S2/c20-15-12-14(25(27)28)3-4-17(15)31-13-23-6-5-16(21-23)19(26)22-7-9-24(10-8-22)33(29,30)18-2-1-11-32-18/h1-6,11-12H,7-10,13H2. The van der Waals surface area contributed by atoms with Gasteiger partial charge in [-0.3, -0.25) is 14.9 Å². The van der Waals surface area contributed by atoms with Crippen molar-refractivity contribution in [2.45, 2.75) is 10.9 Å². The largest absolute Gasteiger partial charge is 0.470 e. The van der Waals surface area contributed by atoms with Crippen molar-refractivity contribution in [1.29, 1.82) is 0 Å². The quantitative estimate of drug-likeness (QED) is 0.352. The zero-order valence-electron chi connectivity index (χ0n) is 17.0. The van der Waals surface area contributed by atoms with Gasteiger partial charge in [-0.2, -0.15) is 9.40 Å². The van der Waals surface area contributed by atoms with Crippen LogP contribution in [0.3, 0.4) is 0 Å². The number of aromatic nitrogens is 2. The Kier molecular flexibility index (Phi) is 6.65. The zero-order chi connectivity index (χ0) is 23.6. The summed E-state index contributed by atoms with van der Waals surface area (Å²) in [5.74, 6) is -0.0657. The van der Waals surface area contributed by atoms with Gasteiger partial charge >= 0.3 is 0 Å². The fourth-order valence-corrected chi connectivity index (χ4v) is 6.03. The molecule has 11 nitrogen and oxygen atoms in total. The molecule has 1 saturated heterocycles. The van der Waals surface area contributed by atoms with Crippen LogP contribution in [-0.2, 0) is 16.8 Å². The Morgan fingerprint density at radius 1 is 1.21 bits per heavy atom. The molecule has 174 valence electrons. The van der Waals surface area contributed by atoms with Crippen molar-refractivity contribution in [2.24, 2.45) is 0 Å². The first-order valence-corrected chi connectivity index (χ1v) is 12.4. The number of nitro benzene ring substituents is 1. The number of nitro groups is 1. The minimum Gasteiger partial charge on any atom is -0.470 e. The molecule has 0 radical (unpaired) electrons. The summed E-state index contributed by atoms with van der Waals surface area (Å²) in [5, 5.41) is 16.8. The van der Waals surface area contributed by atoms with Crippen molar-refractivity contribution in [3.63, 3.8) is 0 Å². The topological polar surface area (TPSA) is 128 Å². The molecule has 0 spiro atoms. The molecular weight excluding hydrogens is 494 g/mol. The number of hydrogen-bond donors (Lipinski definition) is 0. The molecule has 0 unspecified atom stereocenters. The molecule has 14 heteroatoms. The van der Waals surface area contributed by atoms with Gasteiger partial charge in [0.15, 0.2) is 12.4 Å². The molecule has 3 heterocycles. The van der Waals surface area contributed by atoms with E-state index in [2.05, 4.69) is 5.10 Å². The summed E-state index contributed by atoms with van der Waals surface area (Å²) >= 11 is 7.17. The van der Waals surface area contributed by atoms with E-state index in [1.54, 1.807) is 28.6 Å². The summed E-state index contributed by atoms with van der Waals surface area (Å²) in [7, 11) is -3.54. The number of sulfonamides is 1. The molecule has 0 N–H and O–H groups in total. The molecule has 1 amide bonds. The number of nitrogens with zero attached hydrogens (tertiary/aromatic N) is 5. The van der Waals surface area contributed by atoms with Crippen molar-refractivity contribution in [2.75, 3.05) is 26.2 Å². The molecule has 0 atom stereocenters. The molecule has 2 aromatic heterocycles. The van der Waals surface area contributed by atoms with Gasteiger partial charge in [0.1, 0.15) is 9.96 Å². The number of piperazine rings is 1. The van der Waals surface area contributed by atoms with Gasteiger partial charge < -0.3 is 9.64 Å². The number of carbonyl (C=O) groups excluding carboxylic acids is 1. The normalized spacial score (nSPS) is 14.9. The Morgan fingerprint density at radius 2 is 1.97 bits per heavy atom. The Labute approximate surface area is 197 Å². The lowest BCUT2D eigenvalue weighted by Gasteiger charge is -2.33. The highest BCUT2D eigenvalue weighted by Gasteiger charge is 2.31. The second-order valence-corrected chi connectivity index (χ2v) is 10.5. The summed E-state index contributed by atoms with van der Waals surface area (Å²) in [5.41, 5.74) is 0.0468. The number of thiophene rings is 1. The summed E-state index contributed by atoms with van der Waals surface area (Å²) in [6.07, 6.45) is 1.56. The van der Waals surface area contributed by atoms with Crippen molar-refractivity contribution in [3.8, 4) is 5.75 Å². The van der Waals surface area contributed by atoms with Crippen LogP contribution in [-0.4, -0.2) is 64.4 Å². The van der Waals surface area contributed by atoms with Crippen LogP contribution < -0.4 is 4.74 Å². The van der Waals surface area contributed by atoms with Crippen molar-refractivity contribution >= 4 is 44.6 Å². The van der Waals surface area contributed by atoms with Gasteiger partial charge in [0.25, 0.3) is 21.6 Å². The van der Waals surface area contributed by atoms with Gasteiger partial charge in [-0.05, 0) is 23.6 Å². The van der Waals surface area contributed by atoms with Crippen molar-refractivity contribution in [3.05, 3.63) is 68.8 Å². The van der Waals surface area contributed by atoms with E-state index in [-0.39, 0.29) is 65.2 Å². The molecule has 0 saturated carbocycles. The van der Waals surface area contributed by atoms with Crippen LogP contribution in [0.25, 0.3) is 0 Å². The maximum Gasteiger partial charge on any atom is 0.274 e. The first kappa shape index (κ1) is 23.2. The monoisotopic (exact) mass is 511 g/mol. The minimum atomic E-state index is -3.54. The summed E-state index contributed by atoms with van der Waals surface area (Å²) in [6.45, 7) is 0.858. The Bertz CT molecular complexity index is 1270. The highest BCUT2D eigenvalue weighted by Crippen LogP contribution is 2.29. The van der Waals surface area contributed by atoms with Crippen LogP contribution in [0.15, 0.2) is 52.2 Å². The Morgan fingerprint density at radius 3 is 2.61 bits per heavy atom. The Balaban J connectivity index is 1.33. The zero-order valence-corrected chi connectivity index (χ0v) is 19.4. The van der Waals surface area contributed by atoms with Crippen LogP contribution in [0.2, 0.25) is 5.02 Å². The van der Waals surface area contributed by atoms with Crippen LogP contribution >= 0.6 is 22.9 Å². The minimum absolute atomic E-state index is 0.0579. The van der Waals surface area contributed by atoms with E-state index in [0.717, 1.165) is 11.3 Å². The van der Waals surface area contributed by atoms with Gasteiger partial charge in [-0.1, -0.05) is 17.7 Å². The SMILES string of the molecule is O=C(c1ccn(COc2ccc([N+](=O)[O-])cc2Cl)n1)N1CCN(S(=O)(=O)c2cccs2)CC1. The third-order valence-electron chi connectivity index (χ3n) is 4.95. The first-order valence-electron chi connectivity index (χ1n) is 9.69. The lowest BCUT2D eigenvalue weighted by molar-refractivity contribution is -0.384. The van der Waals surface area contributed by atoms with E-state index in [1.807, 2.05) is 0 Å². The highest BCUT2D eigenvalue weighted by atomic mass is 35.5. The number of rotatable bonds is 7. The van der Waals surface area contributed by atoms with E-state index in [4.69, 9.17) is 16.3 Å². The molecule has 0 bridgehead atoms. The predicted molar refractivity (Wildman–Crippen MR) is 120 cm³/mol. The van der Waals surface area contributed by atoms with E-state index in [9.17, 15) is 23.3 Å². The van der Waals surface area contributed by atoms with Crippen LogP contribution in [0.1, 0.15) is 10.5 Å². The highest BCUT2D eigenvalue weighted by molar-refractivity contribution is 7.91. The number of benzene rings is 1. The number of ether oxygens (including phenoxy) is 1. The molecule has 3 aromatic rings. The van der Waals surface area contributed by atoms with Crippen molar-refractivity contribution < 1.29 is 22.9 Å². The molecule has 1 aromatic carbocycles. The smallest absolute Gasteiger partial charge is 0.274 e. The van der Waals surface area contributed by atoms with E-state index < -0.39 is 14.9 Å². The van der Waals surface area contributed by atoms with E-state index in [1.165, 1.54) is 33.3 Å². The molecule has 1 fully saturated rings. The fourth-order valence-electron chi connectivity index (χ4n) is 3.23. The van der Waals surface area contributed by atoms with Gasteiger partial charge in [0.05, 0.1) is 9.95 Å². The lowest BCUT2D eigenvalue weighted by Crippen LogP contribution is -2.50. The molecular formula is C19H18ClN5O6S2. The van der Waals surface area contributed by atoms with Gasteiger partial charge in [0, 0.05) is 44.5 Å². The van der Waals surface area contributed by atoms with Crippen molar-refractivity contribution in [1.82, 2.24) is 19.0 Å². The number of carbonyl (C=O) groups is 1. The van der Waals surface area contributed by atoms with Crippen LogP contribution in [0, 0.1) is 10.1 Å². The lowest BCUT2D eigenvalue weighted by atomic mass is 10.3. The molecule has 1 aliphatic heterocycles. The molecule has 0 aliphatic carbocycles. The number of hydrogen-bond acceptors (Lipinski definition) is 8. The van der Waals surface area contributed by atoms with E-state index >= 15 is 0 Å². The summed E-state index contributed by atoms with van der Waals surface area (Å²) < 4.78 is 33.8. The maximum absolute atomic E-state index is 12.8. The van der Waals surface area contributed by atoms with Crippen LogP contribution in [0.4, 0.5) is 5.69 Å². The number of halogens is 1. The fraction of sp³-hybridized carbons (Fsp3) is 0.263. The third-order valence-corrected chi connectivity index (χ3v) is 8.52. The van der Waals surface area contributed by atoms with Gasteiger partial charge in [0.2, 0.25) is 0 Å².